The molecule has 1 aliphatic heterocycles. The highest BCUT2D eigenvalue weighted by molar-refractivity contribution is 5.79. The van der Waals surface area contributed by atoms with E-state index in [9.17, 15) is 9.59 Å². The molecule has 2 aromatic rings. The van der Waals surface area contributed by atoms with E-state index in [0.717, 1.165) is 12.0 Å². The van der Waals surface area contributed by atoms with E-state index < -0.39 is 12.1 Å². The first-order chi connectivity index (χ1) is 14.0. The number of carbonyl (C=O) groups excluding carboxylic acids is 2. The zero-order valence-electron chi connectivity index (χ0n) is 16.6. The number of nitrogens with two attached hydrogens (primary N) is 2. The van der Waals surface area contributed by atoms with Crippen LogP contribution < -0.4 is 21.5 Å². The second-order valence-electron chi connectivity index (χ2n) is 7.49. The summed E-state index contributed by atoms with van der Waals surface area (Å²) in [6.45, 7) is 3.24. The van der Waals surface area contributed by atoms with E-state index in [-0.39, 0.29) is 18.4 Å². The summed E-state index contributed by atoms with van der Waals surface area (Å²) in [7, 11) is 0. The Labute approximate surface area is 171 Å². The number of benzene rings is 2. The molecule has 0 aromatic heterocycles. The quantitative estimate of drug-likeness (QED) is 0.668. The third-order valence-electron chi connectivity index (χ3n) is 5.25. The number of para-hydroxylation sites is 1. The normalized spacial score (nSPS) is 19.6. The number of nitrogens with one attached hydrogen (secondary N) is 1. The number of urea groups is 1. The van der Waals surface area contributed by atoms with Crippen molar-refractivity contribution >= 4 is 11.9 Å². The minimum absolute atomic E-state index is 0.0263. The summed E-state index contributed by atoms with van der Waals surface area (Å²) in [5.74, 6) is 1.62. The Morgan fingerprint density at radius 1 is 1.17 bits per heavy atom. The maximum atomic E-state index is 12.9. The molecule has 3 unspecified atom stereocenters. The Hall–Kier alpha value is -3.06. The van der Waals surface area contributed by atoms with E-state index >= 15 is 0 Å². The van der Waals surface area contributed by atoms with Gasteiger partial charge in [0.15, 0.2) is 0 Å². The molecule has 0 saturated carbocycles. The van der Waals surface area contributed by atoms with Gasteiger partial charge in [0.1, 0.15) is 11.5 Å². The second kappa shape index (κ2) is 9.43. The minimum Gasteiger partial charge on any atom is -0.457 e. The number of carbonyl (C=O) groups is 2. The van der Waals surface area contributed by atoms with Gasteiger partial charge in [-0.05, 0) is 55.6 Å². The first-order valence-corrected chi connectivity index (χ1v) is 9.84. The van der Waals surface area contributed by atoms with Crippen LogP contribution in [0.3, 0.4) is 0 Å². The highest BCUT2D eigenvalue weighted by atomic mass is 16.5. The predicted octanol–water partition coefficient (Wildman–Crippen LogP) is 2.77. The lowest BCUT2D eigenvalue weighted by Crippen LogP contribution is -2.39. The molecule has 1 saturated heterocycles. The molecule has 2 aromatic carbocycles. The van der Waals surface area contributed by atoms with Crippen molar-refractivity contribution in [1.82, 2.24) is 10.2 Å². The average Bonchev–Trinajstić information content (AvgIpc) is 3.09. The molecule has 0 spiro atoms. The molecular weight excluding hydrogens is 368 g/mol. The Bertz CT molecular complexity index is 843. The molecule has 0 radical (unpaired) electrons. The Kier molecular flexibility index (Phi) is 6.72. The molecule has 3 atom stereocenters. The molecule has 29 heavy (non-hydrogen) atoms. The van der Waals surface area contributed by atoms with E-state index in [0.29, 0.717) is 30.5 Å². The number of hydrogen-bond donors (Lipinski definition) is 3. The van der Waals surface area contributed by atoms with Crippen LogP contribution in [0, 0.1) is 5.92 Å². The fourth-order valence-corrected chi connectivity index (χ4v) is 3.80. The molecule has 154 valence electrons. The van der Waals surface area contributed by atoms with Crippen molar-refractivity contribution in [2.75, 3.05) is 13.1 Å². The summed E-state index contributed by atoms with van der Waals surface area (Å²) in [6, 6.07) is 15.7. The standard InChI is InChI=1S/C22H28N4O3/c1-15-10-16(13-23)14-26(15)21(27)12-20(25-22(24)28)17-6-5-9-19(11-17)29-18-7-3-2-4-8-18/h2-9,11,15-16,20H,10,12-14,23H2,1H3,(H3,24,25,28). The summed E-state index contributed by atoms with van der Waals surface area (Å²) in [6.07, 6.45) is 1.02. The van der Waals surface area contributed by atoms with Gasteiger partial charge in [-0.3, -0.25) is 4.79 Å². The number of ether oxygens (including phenoxy) is 1. The number of hydrogen-bond acceptors (Lipinski definition) is 4. The monoisotopic (exact) mass is 396 g/mol. The maximum absolute atomic E-state index is 12.9. The zero-order chi connectivity index (χ0) is 20.8. The summed E-state index contributed by atoms with van der Waals surface area (Å²) in [4.78, 5) is 26.3. The number of primary amides is 1. The molecule has 3 amide bonds. The van der Waals surface area contributed by atoms with Crippen LogP contribution in [0.15, 0.2) is 54.6 Å². The van der Waals surface area contributed by atoms with Crippen LogP contribution in [-0.2, 0) is 4.79 Å². The van der Waals surface area contributed by atoms with Crippen molar-refractivity contribution in [2.24, 2.45) is 17.4 Å². The Balaban J connectivity index is 1.75. The van der Waals surface area contributed by atoms with Gasteiger partial charge in [-0.15, -0.1) is 0 Å². The van der Waals surface area contributed by atoms with Gasteiger partial charge in [-0.2, -0.15) is 0 Å². The maximum Gasteiger partial charge on any atom is 0.312 e. The highest BCUT2D eigenvalue weighted by Crippen LogP contribution is 2.28. The first kappa shape index (κ1) is 20.7. The topological polar surface area (TPSA) is 111 Å². The summed E-state index contributed by atoms with van der Waals surface area (Å²) in [5.41, 5.74) is 11.9. The average molecular weight is 396 g/mol. The molecule has 0 aliphatic carbocycles. The molecule has 5 N–H and O–H groups in total. The van der Waals surface area contributed by atoms with Gasteiger partial charge < -0.3 is 26.4 Å². The number of rotatable bonds is 7. The lowest BCUT2D eigenvalue weighted by molar-refractivity contribution is -0.132. The SMILES string of the molecule is CC1CC(CN)CN1C(=O)CC(NC(N)=O)c1cccc(Oc2ccccc2)c1. The van der Waals surface area contributed by atoms with Gasteiger partial charge >= 0.3 is 6.03 Å². The number of likely N-dealkylation sites (tertiary alicyclic amines) is 1. The zero-order valence-corrected chi connectivity index (χ0v) is 16.6. The molecule has 1 heterocycles. The lowest BCUT2D eigenvalue weighted by atomic mass is 10.0. The number of amides is 3. The van der Waals surface area contributed by atoms with Crippen LogP contribution >= 0.6 is 0 Å². The van der Waals surface area contributed by atoms with Gasteiger partial charge in [0.2, 0.25) is 5.91 Å². The molecule has 3 rings (SSSR count). The molecule has 1 fully saturated rings. The minimum atomic E-state index is -0.675. The third-order valence-corrected chi connectivity index (χ3v) is 5.25. The van der Waals surface area contributed by atoms with Crippen LogP contribution in [0.2, 0.25) is 0 Å². The largest absolute Gasteiger partial charge is 0.457 e. The summed E-state index contributed by atoms with van der Waals surface area (Å²) >= 11 is 0. The lowest BCUT2D eigenvalue weighted by Gasteiger charge is -2.25. The fraction of sp³-hybridized carbons (Fsp3) is 0.364. The van der Waals surface area contributed by atoms with E-state index in [4.69, 9.17) is 16.2 Å². The Morgan fingerprint density at radius 2 is 1.90 bits per heavy atom. The van der Waals surface area contributed by atoms with Crippen molar-refractivity contribution in [3.63, 3.8) is 0 Å². The van der Waals surface area contributed by atoms with Gasteiger partial charge in [0, 0.05) is 12.6 Å². The smallest absolute Gasteiger partial charge is 0.312 e. The van der Waals surface area contributed by atoms with Crippen LogP contribution in [0.4, 0.5) is 4.79 Å². The van der Waals surface area contributed by atoms with Crippen molar-refractivity contribution in [3.05, 3.63) is 60.2 Å². The van der Waals surface area contributed by atoms with Gasteiger partial charge in [0.05, 0.1) is 12.5 Å². The van der Waals surface area contributed by atoms with Crippen LogP contribution in [0.5, 0.6) is 11.5 Å². The first-order valence-electron chi connectivity index (χ1n) is 9.84. The van der Waals surface area contributed by atoms with Crippen molar-refractivity contribution in [1.29, 1.82) is 0 Å². The van der Waals surface area contributed by atoms with Crippen LogP contribution in [0.25, 0.3) is 0 Å². The van der Waals surface area contributed by atoms with Crippen LogP contribution in [-0.4, -0.2) is 36.0 Å². The Morgan fingerprint density at radius 3 is 2.55 bits per heavy atom. The van der Waals surface area contributed by atoms with Gasteiger partial charge in [-0.1, -0.05) is 30.3 Å². The number of nitrogens with zero attached hydrogens (tertiary/aromatic N) is 1. The highest BCUT2D eigenvalue weighted by Gasteiger charge is 2.33. The van der Waals surface area contributed by atoms with Gasteiger partial charge in [0.25, 0.3) is 0 Å². The fourth-order valence-electron chi connectivity index (χ4n) is 3.80. The van der Waals surface area contributed by atoms with E-state index in [1.54, 1.807) is 0 Å². The molecule has 0 bridgehead atoms. The summed E-state index contributed by atoms with van der Waals surface area (Å²) < 4.78 is 5.87. The van der Waals surface area contributed by atoms with E-state index in [1.165, 1.54) is 0 Å². The van der Waals surface area contributed by atoms with E-state index in [2.05, 4.69) is 5.32 Å². The molecular formula is C22H28N4O3. The molecule has 7 nitrogen and oxygen atoms in total. The van der Waals surface area contributed by atoms with Gasteiger partial charge in [-0.25, -0.2) is 4.79 Å². The predicted molar refractivity (Wildman–Crippen MR) is 111 cm³/mol. The van der Waals surface area contributed by atoms with E-state index in [1.807, 2.05) is 66.4 Å². The summed E-state index contributed by atoms with van der Waals surface area (Å²) in [5, 5.41) is 2.69. The van der Waals surface area contributed by atoms with Crippen LogP contribution in [0.1, 0.15) is 31.4 Å². The van der Waals surface area contributed by atoms with Crippen molar-refractivity contribution in [3.8, 4) is 11.5 Å². The second-order valence-corrected chi connectivity index (χ2v) is 7.49. The van der Waals surface area contributed by atoms with Crippen molar-refractivity contribution < 1.29 is 14.3 Å². The molecule has 7 heteroatoms. The van der Waals surface area contributed by atoms with Crippen molar-refractivity contribution in [2.45, 2.75) is 31.8 Å². The molecule has 1 aliphatic rings. The third kappa shape index (κ3) is 5.48.